The van der Waals surface area contributed by atoms with Crippen LogP contribution in [-0.4, -0.2) is 59.8 Å². The van der Waals surface area contributed by atoms with E-state index in [9.17, 15) is 9.90 Å². The molecule has 1 N–H and O–H groups in total. The molecule has 1 rings (SSSR count). The molecule has 0 aromatic heterocycles. The molecule has 1 unspecified atom stereocenters. The summed E-state index contributed by atoms with van der Waals surface area (Å²) in [6, 6.07) is 0. The molecule has 4 nitrogen and oxygen atoms in total. The van der Waals surface area contributed by atoms with Crippen LogP contribution < -0.4 is 0 Å². The van der Waals surface area contributed by atoms with Crippen molar-refractivity contribution in [3.8, 4) is 0 Å². The van der Waals surface area contributed by atoms with E-state index in [2.05, 4.69) is 4.90 Å². The van der Waals surface area contributed by atoms with E-state index in [-0.39, 0.29) is 0 Å². The molecule has 1 aliphatic rings. The Bertz CT molecular complexity index is 219. The molecule has 0 spiro atoms. The van der Waals surface area contributed by atoms with Crippen LogP contribution in [0.5, 0.6) is 0 Å². The summed E-state index contributed by atoms with van der Waals surface area (Å²) in [6.45, 7) is 4.01. The minimum atomic E-state index is -0.767. The Hall–Kier alpha value is -0.260. The molecule has 1 aliphatic heterocycles. The van der Waals surface area contributed by atoms with Gasteiger partial charge in [-0.05, 0) is 13.3 Å². The molecule has 0 amide bonds. The number of carbonyl (C=O) groups is 1. The lowest BCUT2D eigenvalue weighted by Gasteiger charge is -2.39. The highest BCUT2D eigenvalue weighted by atomic mass is 32.2. The number of hydrogen-bond donors (Lipinski definition) is 1. The Balaban J connectivity index is 2.65. The van der Waals surface area contributed by atoms with Crippen molar-refractivity contribution in [1.29, 1.82) is 0 Å². The predicted octanol–water partition coefficient (Wildman–Crippen LogP) is 0.915. The summed E-state index contributed by atoms with van der Waals surface area (Å²) in [5.41, 5.74) is -0.767. The Morgan fingerprint density at radius 1 is 1.53 bits per heavy atom. The quantitative estimate of drug-likeness (QED) is 0.765. The van der Waals surface area contributed by atoms with Gasteiger partial charge >= 0.3 is 5.97 Å². The van der Waals surface area contributed by atoms with Crippen LogP contribution in [0, 0.1) is 0 Å². The van der Waals surface area contributed by atoms with Crippen LogP contribution in [-0.2, 0) is 9.53 Å². The van der Waals surface area contributed by atoms with Gasteiger partial charge in [0.05, 0.1) is 0 Å². The van der Waals surface area contributed by atoms with Crippen molar-refractivity contribution in [1.82, 2.24) is 4.90 Å². The summed E-state index contributed by atoms with van der Waals surface area (Å²) in [5.74, 6) is 1.30. The monoisotopic (exact) mass is 233 g/mol. The fourth-order valence-corrected chi connectivity index (χ4v) is 2.66. The summed E-state index contributed by atoms with van der Waals surface area (Å²) in [4.78, 5) is 13.4. The number of aliphatic carboxylic acids is 1. The largest absolute Gasteiger partial charge is 0.480 e. The molecule has 1 atom stereocenters. The molecule has 15 heavy (non-hydrogen) atoms. The van der Waals surface area contributed by atoms with Gasteiger partial charge in [-0.3, -0.25) is 9.69 Å². The van der Waals surface area contributed by atoms with Crippen molar-refractivity contribution in [2.24, 2.45) is 0 Å². The number of carboxylic acid groups (broad SMARTS) is 1. The summed E-state index contributed by atoms with van der Waals surface area (Å²) in [6.07, 6.45) is 0.545. The Morgan fingerprint density at radius 3 is 2.60 bits per heavy atom. The minimum Gasteiger partial charge on any atom is -0.480 e. The maximum Gasteiger partial charge on any atom is 0.323 e. The summed E-state index contributed by atoms with van der Waals surface area (Å²) < 4.78 is 4.98. The second kappa shape index (κ2) is 5.72. The maximum absolute atomic E-state index is 11.3. The number of ether oxygens (including phenoxy) is 1. The van der Waals surface area contributed by atoms with Gasteiger partial charge in [0.15, 0.2) is 0 Å². The lowest BCUT2D eigenvalue weighted by molar-refractivity contribution is -0.151. The third-order valence-electron chi connectivity index (χ3n) is 2.96. The average molecular weight is 233 g/mol. The van der Waals surface area contributed by atoms with Gasteiger partial charge in [0, 0.05) is 38.3 Å². The first-order valence-corrected chi connectivity index (χ1v) is 6.32. The predicted molar refractivity (Wildman–Crippen MR) is 61.4 cm³/mol. The van der Waals surface area contributed by atoms with Crippen molar-refractivity contribution in [2.45, 2.75) is 18.9 Å². The van der Waals surface area contributed by atoms with E-state index in [1.54, 1.807) is 14.0 Å². The Morgan fingerprint density at radius 2 is 2.13 bits per heavy atom. The molecule has 0 radical (unpaired) electrons. The molecule has 0 bridgehead atoms. The van der Waals surface area contributed by atoms with Gasteiger partial charge in [0.1, 0.15) is 5.54 Å². The summed E-state index contributed by atoms with van der Waals surface area (Å²) in [5, 5.41) is 9.31. The zero-order valence-electron chi connectivity index (χ0n) is 9.36. The third-order valence-corrected chi connectivity index (χ3v) is 3.91. The zero-order valence-corrected chi connectivity index (χ0v) is 10.2. The Labute approximate surface area is 95.0 Å². The van der Waals surface area contributed by atoms with E-state index in [0.717, 1.165) is 24.6 Å². The van der Waals surface area contributed by atoms with Crippen LogP contribution in [0.4, 0.5) is 0 Å². The highest BCUT2D eigenvalue weighted by molar-refractivity contribution is 7.99. The molecule has 88 valence electrons. The summed E-state index contributed by atoms with van der Waals surface area (Å²) in [7, 11) is 1.61. The molecule has 0 aromatic carbocycles. The Kier molecular flexibility index (Phi) is 4.89. The van der Waals surface area contributed by atoms with Crippen molar-refractivity contribution in [2.75, 3.05) is 38.3 Å². The average Bonchev–Trinajstić information content (AvgIpc) is 2.27. The van der Waals surface area contributed by atoms with Gasteiger partial charge < -0.3 is 9.84 Å². The van der Waals surface area contributed by atoms with Crippen LogP contribution in [0.1, 0.15) is 13.3 Å². The number of thioether (sulfide) groups is 1. The SMILES string of the molecule is COCCC(C)(C(=O)O)N1CCSCC1. The van der Waals surface area contributed by atoms with Gasteiger partial charge in [0.2, 0.25) is 0 Å². The molecule has 1 saturated heterocycles. The molecule has 0 saturated carbocycles. The van der Waals surface area contributed by atoms with Crippen molar-refractivity contribution in [3.63, 3.8) is 0 Å². The van der Waals surface area contributed by atoms with Crippen LogP contribution in [0.25, 0.3) is 0 Å². The normalized spacial score (nSPS) is 22.3. The lowest BCUT2D eigenvalue weighted by atomic mass is 9.96. The van der Waals surface area contributed by atoms with Crippen molar-refractivity contribution < 1.29 is 14.6 Å². The van der Waals surface area contributed by atoms with Gasteiger partial charge in [0.25, 0.3) is 0 Å². The van der Waals surface area contributed by atoms with E-state index in [0.29, 0.717) is 13.0 Å². The van der Waals surface area contributed by atoms with E-state index in [1.807, 2.05) is 11.8 Å². The van der Waals surface area contributed by atoms with Gasteiger partial charge in [-0.1, -0.05) is 0 Å². The van der Waals surface area contributed by atoms with E-state index < -0.39 is 11.5 Å². The van der Waals surface area contributed by atoms with Crippen molar-refractivity contribution in [3.05, 3.63) is 0 Å². The number of rotatable bonds is 5. The standard InChI is InChI=1S/C10H19NO3S/c1-10(9(12)13,3-6-14-2)11-4-7-15-8-5-11/h3-8H2,1-2H3,(H,12,13). The number of nitrogens with zero attached hydrogens (tertiary/aromatic N) is 1. The van der Waals surface area contributed by atoms with Gasteiger partial charge in [-0.15, -0.1) is 0 Å². The second-order valence-electron chi connectivity index (χ2n) is 3.92. The fraction of sp³-hybridized carbons (Fsp3) is 0.900. The number of carboxylic acids is 1. The highest BCUT2D eigenvalue weighted by Gasteiger charge is 2.39. The van der Waals surface area contributed by atoms with E-state index in [4.69, 9.17) is 4.74 Å². The van der Waals surface area contributed by atoms with Crippen LogP contribution in [0.2, 0.25) is 0 Å². The van der Waals surface area contributed by atoms with Gasteiger partial charge in [-0.2, -0.15) is 11.8 Å². The van der Waals surface area contributed by atoms with E-state index >= 15 is 0 Å². The molecular weight excluding hydrogens is 214 g/mol. The first-order chi connectivity index (χ1) is 7.11. The first-order valence-electron chi connectivity index (χ1n) is 5.16. The molecule has 1 fully saturated rings. The molecule has 0 aliphatic carbocycles. The van der Waals surface area contributed by atoms with Crippen LogP contribution in [0.15, 0.2) is 0 Å². The highest BCUT2D eigenvalue weighted by Crippen LogP contribution is 2.24. The van der Waals surface area contributed by atoms with Crippen LogP contribution >= 0.6 is 11.8 Å². The topological polar surface area (TPSA) is 49.8 Å². The molecule has 5 heteroatoms. The van der Waals surface area contributed by atoms with Crippen molar-refractivity contribution >= 4 is 17.7 Å². The fourth-order valence-electron chi connectivity index (χ4n) is 1.76. The smallest absolute Gasteiger partial charge is 0.323 e. The van der Waals surface area contributed by atoms with Gasteiger partial charge in [-0.25, -0.2) is 0 Å². The first kappa shape index (κ1) is 12.8. The molecular formula is C10H19NO3S. The third kappa shape index (κ3) is 3.09. The summed E-state index contributed by atoms with van der Waals surface area (Å²) >= 11 is 1.88. The minimum absolute atomic E-state index is 0.493. The molecule has 1 heterocycles. The zero-order chi connectivity index (χ0) is 11.3. The van der Waals surface area contributed by atoms with E-state index in [1.165, 1.54) is 0 Å². The maximum atomic E-state index is 11.3. The second-order valence-corrected chi connectivity index (χ2v) is 5.15. The number of hydrogen-bond acceptors (Lipinski definition) is 4. The molecule has 0 aromatic rings. The lowest BCUT2D eigenvalue weighted by Crippen LogP contribution is -2.55. The number of methoxy groups -OCH3 is 1. The van der Waals surface area contributed by atoms with Crippen LogP contribution in [0.3, 0.4) is 0 Å².